The van der Waals surface area contributed by atoms with Crippen LogP contribution in [0.15, 0.2) is 23.2 Å². The number of hydrogen-bond donors (Lipinski definition) is 1. The van der Waals surface area contributed by atoms with Crippen molar-refractivity contribution in [1.82, 2.24) is 10.2 Å². The number of guanidine groups is 1. The fourth-order valence-electron chi connectivity index (χ4n) is 4.87. The van der Waals surface area contributed by atoms with Crippen LogP contribution in [0.2, 0.25) is 0 Å². The van der Waals surface area contributed by atoms with E-state index >= 15 is 0 Å². The minimum absolute atomic E-state index is 0.579. The molecule has 1 aromatic carbocycles. The Labute approximate surface area is 151 Å². The summed E-state index contributed by atoms with van der Waals surface area (Å²) in [5, 5.41) is 3.59. The molecule has 2 heterocycles. The molecule has 0 unspecified atom stereocenters. The number of fused-ring (bicyclic) bond motifs is 1. The zero-order chi connectivity index (χ0) is 17.1. The number of hydrogen-bond acceptors (Lipinski definition) is 2. The molecule has 1 N–H and O–H groups in total. The average molecular weight is 341 g/mol. The number of nitrogens with one attached hydrogen (secondary N) is 1. The van der Waals surface area contributed by atoms with Gasteiger partial charge < -0.3 is 15.0 Å². The van der Waals surface area contributed by atoms with E-state index in [0.717, 1.165) is 44.2 Å². The number of benzene rings is 1. The van der Waals surface area contributed by atoms with Gasteiger partial charge in [-0.15, -0.1) is 0 Å². The van der Waals surface area contributed by atoms with Gasteiger partial charge in [-0.05, 0) is 48.3 Å². The van der Waals surface area contributed by atoms with Crippen molar-refractivity contribution in [3.8, 4) is 5.75 Å². The Hall–Kier alpha value is -1.71. The second kappa shape index (κ2) is 7.27. The summed E-state index contributed by atoms with van der Waals surface area (Å²) in [5.41, 5.74) is 3.33. The fraction of sp³-hybridized carbons (Fsp3) is 0.667. The first kappa shape index (κ1) is 16.7. The second-order valence-electron chi connectivity index (χ2n) is 8.00. The van der Waals surface area contributed by atoms with Crippen molar-refractivity contribution in [1.29, 1.82) is 0 Å². The molecule has 1 saturated heterocycles. The molecule has 0 bridgehead atoms. The first-order valence-electron chi connectivity index (χ1n) is 9.98. The third-order valence-electron chi connectivity index (χ3n) is 6.31. The molecule has 0 amide bonds. The van der Waals surface area contributed by atoms with Crippen LogP contribution in [0.5, 0.6) is 5.75 Å². The number of aliphatic imine (C=N–C) groups is 1. The van der Waals surface area contributed by atoms with Crippen LogP contribution in [-0.2, 0) is 12.8 Å². The zero-order valence-corrected chi connectivity index (χ0v) is 15.5. The van der Waals surface area contributed by atoms with E-state index in [1.807, 2.05) is 7.05 Å². The Morgan fingerprint density at radius 2 is 2.12 bits per heavy atom. The van der Waals surface area contributed by atoms with E-state index in [1.165, 1.54) is 56.2 Å². The van der Waals surface area contributed by atoms with Crippen LogP contribution in [0.4, 0.5) is 0 Å². The van der Waals surface area contributed by atoms with Crippen molar-refractivity contribution < 1.29 is 4.74 Å². The van der Waals surface area contributed by atoms with Crippen LogP contribution >= 0.6 is 0 Å². The van der Waals surface area contributed by atoms with Gasteiger partial charge in [0, 0.05) is 33.1 Å². The lowest BCUT2D eigenvalue weighted by atomic mass is 9.73. The van der Waals surface area contributed by atoms with Crippen LogP contribution in [0, 0.1) is 5.41 Å². The van der Waals surface area contributed by atoms with Gasteiger partial charge in [-0.1, -0.05) is 31.4 Å². The highest BCUT2D eigenvalue weighted by Crippen LogP contribution is 2.43. The van der Waals surface area contributed by atoms with E-state index < -0.39 is 0 Å². The van der Waals surface area contributed by atoms with Gasteiger partial charge in [0.05, 0.1) is 6.61 Å². The lowest BCUT2D eigenvalue weighted by molar-refractivity contribution is 0.203. The summed E-state index contributed by atoms with van der Waals surface area (Å²) in [4.78, 5) is 7.04. The van der Waals surface area contributed by atoms with E-state index in [9.17, 15) is 0 Å². The highest BCUT2D eigenvalue weighted by Gasteiger charge is 2.39. The van der Waals surface area contributed by atoms with E-state index in [4.69, 9.17) is 4.74 Å². The molecule has 0 radical (unpaired) electrons. The molecular formula is C21H31N3O. The highest BCUT2D eigenvalue weighted by molar-refractivity contribution is 5.80. The maximum absolute atomic E-state index is 5.59. The lowest BCUT2D eigenvalue weighted by Crippen LogP contribution is -2.42. The van der Waals surface area contributed by atoms with Crippen molar-refractivity contribution in [2.75, 3.05) is 33.3 Å². The minimum Gasteiger partial charge on any atom is -0.493 e. The third kappa shape index (κ3) is 3.63. The SMILES string of the molecule is CN=C(NCCc1ccc2c(c1)CCO2)N1CCC2(CCCCC2)C1. The molecule has 0 atom stereocenters. The van der Waals surface area contributed by atoms with Crippen molar-refractivity contribution in [2.45, 2.75) is 51.4 Å². The number of likely N-dealkylation sites (tertiary alicyclic amines) is 1. The van der Waals surface area contributed by atoms with Crippen molar-refractivity contribution >= 4 is 5.96 Å². The molecule has 2 aliphatic heterocycles. The quantitative estimate of drug-likeness (QED) is 0.676. The van der Waals surface area contributed by atoms with E-state index in [0.29, 0.717) is 5.41 Å². The van der Waals surface area contributed by atoms with Gasteiger partial charge in [-0.2, -0.15) is 0 Å². The Morgan fingerprint density at radius 1 is 1.24 bits per heavy atom. The predicted octanol–water partition coefficient (Wildman–Crippen LogP) is 3.40. The fourth-order valence-corrected chi connectivity index (χ4v) is 4.87. The van der Waals surface area contributed by atoms with Crippen LogP contribution in [-0.4, -0.2) is 44.1 Å². The van der Waals surface area contributed by atoms with Gasteiger partial charge in [0.1, 0.15) is 5.75 Å². The maximum atomic E-state index is 5.59. The lowest BCUT2D eigenvalue weighted by Gasteiger charge is -2.33. The topological polar surface area (TPSA) is 36.9 Å². The number of nitrogens with zero attached hydrogens (tertiary/aromatic N) is 2. The van der Waals surface area contributed by atoms with Gasteiger partial charge in [0.2, 0.25) is 0 Å². The van der Waals surface area contributed by atoms with Crippen LogP contribution < -0.4 is 10.1 Å². The summed E-state index contributed by atoms with van der Waals surface area (Å²) in [5.74, 6) is 2.16. The summed E-state index contributed by atoms with van der Waals surface area (Å²) in [7, 11) is 1.92. The van der Waals surface area contributed by atoms with Gasteiger partial charge in [-0.3, -0.25) is 4.99 Å². The third-order valence-corrected chi connectivity index (χ3v) is 6.31. The molecule has 4 heteroatoms. The normalized spacial score (nSPS) is 22.1. The molecule has 0 aromatic heterocycles. The summed E-state index contributed by atoms with van der Waals surface area (Å²) < 4.78 is 5.59. The maximum Gasteiger partial charge on any atom is 0.193 e. The Bertz CT molecular complexity index is 634. The molecule has 4 nitrogen and oxygen atoms in total. The molecule has 1 aromatic rings. The Balaban J connectivity index is 1.29. The van der Waals surface area contributed by atoms with Crippen molar-refractivity contribution in [3.63, 3.8) is 0 Å². The number of ether oxygens (including phenoxy) is 1. The summed E-state index contributed by atoms with van der Waals surface area (Å²) >= 11 is 0. The summed E-state index contributed by atoms with van der Waals surface area (Å²) in [6.45, 7) is 4.13. The minimum atomic E-state index is 0.579. The average Bonchev–Trinajstić information content (AvgIpc) is 3.26. The molecule has 136 valence electrons. The molecule has 1 spiro atoms. The van der Waals surface area contributed by atoms with Gasteiger partial charge in [-0.25, -0.2) is 0 Å². The summed E-state index contributed by atoms with van der Waals surface area (Å²) in [6, 6.07) is 6.63. The zero-order valence-electron chi connectivity index (χ0n) is 15.5. The van der Waals surface area contributed by atoms with Crippen LogP contribution in [0.1, 0.15) is 49.7 Å². The monoisotopic (exact) mass is 341 g/mol. The Kier molecular flexibility index (Phi) is 4.87. The molecule has 3 aliphatic rings. The second-order valence-corrected chi connectivity index (χ2v) is 8.00. The molecule has 1 saturated carbocycles. The van der Waals surface area contributed by atoms with Crippen LogP contribution in [0.25, 0.3) is 0 Å². The summed E-state index contributed by atoms with van der Waals surface area (Å²) in [6.07, 6.45) is 10.5. The molecule has 25 heavy (non-hydrogen) atoms. The van der Waals surface area contributed by atoms with Crippen molar-refractivity contribution in [2.24, 2.45) is 10.4 Å². The van der Waals surface area contributed by atoms with Gasteiger partial charge in [0.25, 0.3) is 0 Å². The van der Waals surface area contributed by atoms with Crippen LogP contribution in [0.3, 0.4) is 0 Å². The highest BCUT2D eigenvalue weighted by atomic mass is 16.5. The first-order valence-corrected chi connectivity index (χ1v) is 9.98. The largest absolute Gasteiger partial charge is 0.493 e. The van der Waals surface area contributed by atoms with E-state index in [-0.39, 0.29) is 0 Å². The van der Waals surface area contributed by atoms with E-state index in [1.54, 1.807) is 0 Å². The standard InChI is InChI=1S/C21H31N3O/c1-22-20(24-13-11-21(16-24)9-3-2-4-10-21)23-12-7-17-5-6-19-18(15-17)8-14-25-19/h5-6,15H,2-4,7-14,16H2,1H3,(H,22,23). The van der Waals surface area contributed by atoms with E-state index in [2.05, 4.69) is 33.4 Å². The number of rotatable bonds is 3. The van der Waals surface area contributed by atoms with Crippen molar-refractivity contribution in [3.05, 3.63) is 29.3 Å². The molecule has 2 fully saturated rings. The first-order chi connectivity index (χ1) is 12.3. The van der Waals surface area contributed by atoms with Gasteiger partial charge >= 0.3 is 0 Å². The Morgan fingerprint density at radius 3 is 2.96 bits per heavy atom. The predicted molar refractivity (Wildman–Crippen MR) is 102 cm³/mol. The molecular weight excluding hydrogens is 310 g/mol. The smallest absolute Gasteiger partial charge is 0.193 e. The molecule has 4 rings (SSSR count). The van der Waals surface area contributed by atoms with Gasteiger partial charge in [0.15, 0.2) is 5.96 Å². The molecule has 1 aliphatic carbocycles.